The molecule has 0 bridgehead atoms. The monoisotopic (exact) mass is 536 g/mol. The lowest BCUT2D eigenvalue weighted by Gasteiger charge is -2.59. The number of aliphatic hydroxyl groups is 1. The van der Waals surface area contributed by atoms with Gasteiger partial charge in [-0.1, -0.05) is 54.9 Å². The first-order chi connectivity index (χ1) is 18.5. The summed E-state index contributed by atoms with van der Waals surface area (Å²) in [5.74, 6) is -0.380. The Labute approximate surface area is 229 Å². The molecule has 0 saturated heterocycles. The number of amides is 1. The largest absolute Gasteiger partial charge is 0.479 e. The molecule has 0 unspecified atom stereocenters. The number of aliphatic carboxylic acids is 1. The molecular formula is C31H40N2O6. The molecule has 0 aromatic heterocycles. The van der Waals surface area contributed by atoms with Crippen molar-refractivity contribution in [1.29, 1.82) is 0 Å². The van der Waals surface area contributed by atoms with E-state index in [1.54, 1.807) is 37.3 Å². The highest BCUT2D eigenvalue weighted by Crippen LogP contribution is 2.67. The van der Waals surface area contributed by atoms with Crippen LogP contribution in [0.15, 0.2) is 47.1 Å². The van der Waals surface area contributed by atoms with Crippen molar-refractivity contribution >= 4 is 23.4 Å². The van der Waals surface area contributed by atoms with Crippen LogP contribution in [0.5, 0.6) is 0 Å². The van der Waals surface area contributed by atoms with E-state index in [1.807, 2.05) is 0 Å². The van der Waals surface area contributed by atoms with Crippen LogP contribution in [0.4, 0.5) is 0 Å². The number of carbonyl (C=O) groups is 3. The first-order valence-corrected chi connectivity index (χ1v) is 14.2. The van der Waals surface area contributed by atoms with Crippen LogP contribution in [0.2, 0.25) is 0 Å². The van der Waals surface area contributed by atoms with Crippen molar-refractivity contribution < 1.29 is 29.4 Å². The quantitative estimate of drug-likeness (QED) is 0.438. The summed E-state index contributed by atoms with van der Waals surface area (Å²) < 4.78 is 0. The zero-order valence-electron chi connectivity index (χ0n) is 23.1. The molecule has 3 N–H and O–H groups in total. The van der Waals surface area contributed by atoms with Gasteiger partial charge in [0, 0.05) is 5.41 Å². The van der Waals surface area contributed by atoms with Crippen LogP contribution in [0, 0.1) is 28.6 Å². The van der Waals surface area contributed by atoms with Crippen molar-refractivity contribution in [3.8, 4) is 0 Å². The van der Waals surface area contributed by atoms with Gasteiger partial charge in [0.2, 0.25) is 0 Å². The minimum Gasteiger partial charge on any atom is -0.479 e. The lowest BCUT2D eigenvalue weighted by Crippen LogP contribution is -2.57. The summed E-state index contributed by atoms with van der Waals surface area (Å²) in [4.78, 5) is 41.9. The van der Waals surface area contributed by atoms with Crippen molar-refractivity contribution in [1.82, 2.24) is 5.32 Å². The maximum Gasteiger partial charge on any atom is 0.330 e. The number of allylic oxidation sites excluding steroid dienone is 2. The van der Waals surface area contributed by atoms with Gasteiger partial charge < -0.3 is 20.4 Å². The highest BCUT2D eigenvalue weighted by molar-refractivity contribution is 5.96. The third-order valence-corrected chi connectivity index (χ3v) is 10.8. The van der Waals surface area contributed by atoms with Gasteiger partial charge in [0.15, 0.2) is 18.4 Å². The van der Waals surface area contributed by atoms with Crippen LogP contribution in [-0.4, -0.2) is 45.8 Å². The standard InChI is InChI=1S/C31H40N2O6/c1-19(34)31(38)16-13-25-23-10-9-21-17-22(11-14-29(21,2)24(23)12-15-30(25,31)3)33-39-18-26(35)32-27(28(36)37)20-7-5-4-6-8-20/h4-8,17,23-25,27,38H,9-16,18H2,1-3H3,(H,32,35)(H,36,37)/b33-22+/t23-,24+,25+,27-,29+,30+,31+/m1/s1. The summed E-state index contributed by atoms with van der Waals surface area (Å²) in [7, 11) is 0. The minimum absolute atomic E-state index is 0.0575. The number of benzene rings is 1. The molecule has 0 spiro atoms. The molecular weight excluding hydrogens is 496 g/mol. The fraction of sp³-hybridized carbons (Fsp3) is 0.613. The summed E-state index contributed by atoms with van der Waals surface area (Å²) >= 11 is 0. The number of nitrogens with zero attached hydrogens (tertiary/aromatic N) is 1. The van der Waals surface area contributed by atoms with E-state index in [2.05, 4.69) is 30.4 Å². The van der Waals surface area contributed by atoms with Crippen LogP contribution in [0.1, 0.15) is 83.7 Å². The Kier molecular flexibility index (Phi) is 7.20. The molecule has 1 aromatic rings. The Bertz CT molecular complexity index is 1210. The highest BCUT2D eigenvalue weighted by atomic mass is 16.6. The van der Waals surface area contributed by atoms with Gasteiger partial charge in [0.1, 0.15) is 5.60 Å². The maximum absolute atomic E-state index is 12.5. The molecule has 0 aliphatic heterocycles. The van der Waals surface area contributed by atoms with Gasteiger partial charge in [-0.05, 0) is 93.1 Å². The number of nitrogens with one attached hydrogen (secondary N) is 1. The molecule has 5 rings (SSSR count). The fourth-order valence-electron chi connectivity index (χ4n) is 8.55. The molecule has 4 aliphatic carbocycles. The molecule has 39 heavy (non-hydrogen) atoms. The molecule has 8 nitrogen and oxygen atoms in total. The van der Waals surface area contributed by atoms with Crippen molar-refractivity contribution in [3.05, 3.63) is 47.5 Å². The third kappa shape index (κ3) is 4.60. The zero-order valence-corrected chi connectivity index (χ0v) is 23.1. The van der Waals surface area contributed by atoms with Crippen molar-refractivity contribution in [2.24, 2.45) is 33.7 Å². The number of carboxylic acid groups (broad SMARTS) is 1. The van der Waals surface area contributed by atoms with E-state index in [0.29, 0.717) is 29.7 Å². The predicted molar refractivity (Wildman–Crippen MR) is 146 cm³/mol. The van der Waals surface area contributed by atoms with E-state index in [-0.39, 0.29) is 23.2 Å². The van der Waals surface area contributed by atoms with E-state index in [1.165, 1.54) is 5.57 Å². The average Bonchev–Trinajstić information content (AvgIpc) is 3.19. The van der Waals surface area contributed by atoms with Crippen LogP contribution >= 0.6 is 0 Å². The molecule has 1 amide bonds. The van der Waals surface area contributed by atoms with E-state index < -0.39 is 23.5 Å². The number of Topliss-reactive ketones (excluding diaryl/α,β-unsaturated/α-hetero) is 1. The second-order valence-electron chi connectivity index (χ2n) is 12.5. The summed E-state index contributed by atoms with van der Waals surface area (Å²) in [6.45, 7) is 5.70. The lowest BCUT2D eigenvalue weighted by molar-refractivity contribution is -0.159. The number of hydrogen-bond acceptors (Lipinski definition) is 6. The Morgan fingerprint density at radius 3 is 2.46 bits per heavy atom. The lowest BCUT2D eigenvalue weighted by atomic mass is 9.46. The Morgan fingerprint density at radius 2 is 1.77 bits per heavy atom. The van der Waals surface area contributed by atoms with Gasteiger partial charge in [-0.15, -0.1) is 0 Å². The molecule has 3 saturated carbocycles. The third-order valence-electron chi connectivity index (χ3n) is 10.8. The number of carbonyl (C=O) groups excluding carboxylic acids is 2. The fourth-order valence-corrected chi connectivity index (χ4v) is 8.55. The van der Waals surface area contributed by atoms with Gasteiger partial charge in [-0.3, -0.25) is 9.59 Å². The summed E-state index contributed by atoms with van der Waals surface area (Å²) in [6.07, 6.45) is 9.21. The molecule has 0 heterocycles. The first-order valence-electron chi connectivity index (χ1n) is 14.2. The van der Waals surface area contributed by atoms with E-state index in [9.17, 15) is 24.6 Å². The summed E-state index contributed by atoms with van der Waals surface area (Å²) in [6, 6.07) is 7.40. The SMILES string of the molecule is CC(=O)[C@@]1(O)CC[C@H]2[C@@H]3CCC4=C/C(=N/OCC(=O)N[C@@H](C(=O)O)c5ccccc5)CC[C@]4(C)[C@H]3CC[C@@]21C. The van der Waals surface area contributed by atoms with E-state index in [0.717, 1.165) is 50.7 Å². The summed E-state index contributed by atoms with van der Waals surface area (Å²) in [5.41, 5.74) is 1.19. The minimum atomic E-state index is -1.19. The second-order valence-corrected chi connectivity index (χ2v) is 12.5. The number of ketones is 1. The Balaban J connectivity index is 1.23. The van der Waals surface area contributed by atoms with Gasteiger partial charge in [0.25, 0.3) is 5.91 Å². The highest BCUT2D eigenvalue weighted by Gasteiger charge is 2.65. The van der Waals surface area contributed by atoms with Crippen LogP contribution < -0.4 is 5.32 Å². The number of carboxylic acids is 1. The maximum atomic E-state index is 12.5. The van der Waals surface area contributed by atoms with Crippen molar-refractivity contribution in [2.75, 3.05) is 6.61 Å². The number of oxime groups is 1. The van der Waals surface area contributed by atoms with Gasteiger partial charge in [-0.2, -0.15) is 0 Å². The normalized spacial score (nSPS) is 37.1. The van der Waals surface area contributed by atoms with Crippen molar-refractivity contribution in [2.45, 2.75) is 83.8 Å². The molecule has 3 fully saturated rings. The Hall–Kier alpha value is -3.00. The molecule has 8 heteroatoms. The van der Waals surface area contributed by atoms with Crippen LogP contribution in [0.3, 0.4) is 0 Å². The number of rotatable bonds is 7. The van der Waals surface area contributed by atoms with E-state index >= 15 is 0 Å². The first kappa shape index (κ1) is 27.6. The molecule has 7 atom stereocenters. The molecule has 210 valence electrons. The van der Waals surface area contributed by atoms with E-state index in [4.69, 9.17) is 4.84 Å². The topological polar surface area (TPSA) is 125 Å². The predicted octanol–water partition coefficient (Wildman–Crippen LogP) is 4.58. The molecule has 1 aromatic carbocycles. The van der Waals surface area contributed by atoms with Gasteiger partial charge in [-0.25, -0.2) is 4.79 Å². The second kappa shape index (κ2) is 10.2. The smallest absolute Gasteiger partial charge is 0.330 e. The summed E-state index contributed by atoms with van der Waals surface area (Å²) in [5, 5.41) is 27.6. The van der Waals surface area contributed by atoms with Gasteiger partial charge in [0.05, 0.1) is 5.71 Å². The zero-order chi connectivity index (χ0) is 28.0. The Morgan fingerprint density at radius 1 is 1.05 bits per heavy atom. The van der Waals surface area contributed by atoms with Crippen LogP contribution in [0.25, 0.3) is 0 Å². The van der Waals surface area contributed by atoms with Crippen LogP contribution in [-0.2, 0) is 19.2 Å². The molecule has 4 aliphatic rings. The van der Waals surface area contributed by atoms with Crippen molar-refractivity contribution in [3.63, 3.8) is 0 Å². The number of hydrogen-bond donors (Lipinski definition) is 3. The molecule has 0 radical (unpaired) electrons. The van der Waals surface area contributed by atoms with Gasteiger partial charge >= 0.3 is 5.97 Å². The number of fused-ring (bicyclic) bond motifs is 5. The average molecular weight is 537 g/mol.